The molecule has 0 N–H and O–H groups in total. The quantitative estimate of drug-likeness (QED) is 0.576. The third kappa shape index (κ3) is 1.06. The van der Waals surface area contributed by atoms with Gasteiger partial charge in [-0.2, -0.15) is 0 Å². The van der Waals surface area contributed by atoms with E-state index < -0.39 is 0 Å². The topological polar surface area (TPSA) is 0 Å². The molecule has 0 aromatic rings. The maximum absolute atomic E-state index is 4.25. The van der Waals surface area contributed by atoms with Crippen LogP contribution in [-0.2, 0) is 0 Å². The molecule has 0 amide bonds. The van der Waals surface area contributed by atoms with Crippen LogP contribution in [0.15, 0.2) is 24.8 Å². The fourth-order valence-electron chi connectivity index (χ4n) is 4.72. The molecule has 0 unspecified atom stereocenters. The van der Waals surface area contributed by atoms with Crippen molar-refractivity contribution in [3.05, 3.63) is 24.8 Å². The van der Waals surface area contributed by atoms with Crippen molar-refractivity contribution < 1.29 is 0 Å². The second kappa shape index (κ2) is 2.74. The fourth-order valence-corrected chi connectivity index (χ4v) is 4.72. The Morgan fingerprint density at radius 2 is 1.43 bits per heavy atom. The van der Waals surface area contributed by atoms with E-state index in [4.69, 9.17) is 0 Å². The molecular weight excluding hydrogens is 168 g/mol. The van der Waals surface area contributed by atoms with Crippen LogP contribution in [0.2, 0.25) is 0 Å². The monoisotopic (exact) mass is 188 g/mol. The van der Waals surface area contributed by atoms with Gasteiger partial charge in [0.05, 0.1) is 0 Å². The lowest BCUT2D eigenvalue weighted by Gasteiger charge is -2.57. The van der Waals surface area contributed by atoms with Crippen molar-refractivity contribution in [2.24, 2.45) is 23.2 Å². The number of hydrogen-bond acceptors (Lipinski definition) is 0. The van der Waals surface area contributed by atoms with Crippen molar-refractivity contribution in [2.75, 3.05) is 0 Å². The van der Waals surface area contributed by atoms with Gasteiger partial charge in [0.2, 0.25) is 0 Å². The predicted octanol–water partition coefficient (Wildman–Crippen LogP) is 3.95. The lowest BCUT2D eigenvalue weighted by Crippen LogP contribution is -2.46. The molecule has 0 aliphatic heterocycles. The van der Waals surface area contributed by atoms with Crippen LogP contribution >= 0.6 is 0 Å². The lowest BCUT2D eigenvalue weighted by atomic mass is 9.48. The van der Waals surface area contributed by atoms with Crippen LogP contribution in [-0.4, -0.2) is 0 Å². The molecule has 0 aromatic carbocycles. The molecule has 0 heterocycles. The molecule has 76 valence electrons. The van der Waals surface area contributed by atoms with Crippen LogP contribution in [0.4, 0.5) is 0 Å². The summed E-state index contributed by atoms with van der Waals surface area (Å²) in [4.78, 5) is 0. The normalized spacial score (nSPS) is 49.3. The molecule has 0 heteroatoms. The van der Waals surface area contributed by atoms with Gasteiger partial charge in [-0.3, -0.25) is 0 Å². The summed E-state index contributed by atoms with van der Waals surface area (Å²) in [5.41, 5.74) is 1.84. The van der Waals surface area contributed by atoms with Gasteiger partial charge >= 0.3 is 0 Å². The predicted molar refractivity (Wildman–Crippen MR) is 59.9 cm³/mol. The van der Waals surface area contributed by atoms with Gasteiger partial charge < -0.3 is 0 Å². The first kappa shape index (κ1) is 8.76. The van der Waals surface area contributed by atoms with Gasteiger partial charge in [-0.05, 0) is 67.3 Å². The first-order valence-corrected chi connectivity index (χ1v) is 6.04. The zero-order valence-electron chi connectivity index (χ0n) is 8.97. The molecule has 4 aliphatic rings. The molecule has 0 atom stereocenters. The lowest BCUT2D eigenvalue weighted by molar-refractivity contribution is -0.0282. The van der Waals surface area contributed by atoms with E-state index in [9.17, 15) is 0 Å². The van der Waals surface area contributed by atoms with Crippen LogP contribution in [0.25, 0.3) is 0 Å². The summed E-state index contributed by atoms with van der Waals surface area (Å²) in [6.45, 7) is 8.16. The van der Waals surface area contributed by atoms with Gasteiger partial charge in [-0.1, -0.05) is 19.2 Å². The highest BCUT2D eigenvalue weighted by Gasteiger charge is 2.51. The third-order valence-electron chi connectivity index (χ3n) is 4.97. The van der Waals surface area contributed by atoms with Crippen LogP contribution < -0.4 is 0 Å². The van der Waals surface area contributed by atoms with E-state index in [1.807, 2.05) is 6.08 Å². The smallest absolute Gasteiger partial charge is 0.00451 e. The SMILES string of the molecule is C=CC(=C)C12CC3CC(CC(C3)C1)C2. The van der Waals surface area contributed by atoms with Crippen LogP contribution in [0.3, 0.4) is 0 Å². The molecule has 0 saturated heterocycles. The van der Waals surface area contributed by atoms with Crippen LogP contribution in [0.1, 0.15) is 38.5 Å². The Morgan fingerprint density at radius 3 is 1.79 bits per heavy atom. The maximum atomic E-state index is 4.25. The first-order valence-electron chi connectivity index (χ1n) is 6.04. The molecule has 4 aliphatic carbocycles. The van der Waals surface area contributed by atoms with Crippen molar-refractivity contribution in [1.29, 1.82) is 0 Å². The molecule has 14 heavy (non-hydrogen) atoms. The fraction of sp³-hybridized carbons (Fsp3) is 0.714. The highest BCUT2D eigenvalue weighted by molar-refractivity contribution is 5.26. The van der Waals surface area contributed by atoms with Crippen LogP contribution in [0, 0.1) is 23.2 Å². The van der Waals surface area contributed by atoms with Gasteiger partial charge in [-0.25, -0.2) is 0 Å². The Labute approximate surface area is 87.1 Å². The largest absolute Gasteiger partial charge is 0.0988 e. The minimum atomic E-state index is 0.497. The molecule has 0 nitrogen and oxygen atoms in total. The summed E-state index contributed by atoms with van der Waals surface area (Å²) in [7, 11) is 0. The van der Waals surface area contributed by atoms with Gasteiger partial charge in [0.1, 0.15) is 0 Å². The second-order valence-electron chi connectivity index (χ2n) is 5.93. The average molecular weight is 188 g/mol. The Balaban J connectivity index is 1.94. The summed E-state index contributed by atoms with van der Waals surface area (Å²) < 4.78 is 0. The van der Waals surface area contributed by atoms with Gasteiger partial charge in [0.15, 0.2) is 0 Å². The van der Waals surface area contributed by atoms with Crippen molar-refractivity contribution in [1.82, 2.24) is 0 Å². The Bertz CT molecular complexity index is 249. The van der Waals surface area contributed by atoms with E-state index >= 15 is 0 Å². The Morgan fingerprint density at radius 1 is 1.00 bits per heavy atom. The van der Waals surface area contributed by atoms with Gasteiger partial charge in [-0.15, -0.1) is 0 Å². The van der Waals surface area contributed by atoms with E-state index in [1.54, 1.807) is 0 Å². The van der Waals surface area contributed by atoms with Gasteiger partial charge in [0.25, 0.3) is 0 Å². The number of rotatable bonds is 2. The minimum Gasteiger partial charge on any atom is -0.0988 e. The zero-order valence-corrected chi connectivity index (χ0v) is 8.97. The summed E-state index contributed by atoms with van der Waals surface area (Å²) in [6.07, 6.45) is 10.8. The van der Waals surface area contributed by atoms with Crippen LogP contribution in [0.5, 0.6) is 0 Å². The molecule has 4 fully saturated rings. The molecule has 4 saturated carbocycles. The van der Waals surface area contributed by atoms with E-state index in [2.05, 4.69) is 13.2 Å². The van der Waals surface area contributed by atoms with Crippen molar-refractivity contribution in [3.8, 4) is 0 Å². The molecule has 0 aromatic heterocycles. The van der Waals surface area contributed by atoms with E-state index in [0.717, 1.165) is 17.8 Å². The van der Waals surface area contributed by atoms with Crippen molar-refractivity contribution in [2.45, 2.75) is 38.5 Å². The second-order valence-corrected chi connectivity index (χ2v) is 5.93. The molecule has 0 radical (unpaired) electrons. The molecule has 0 spiro atoms. The highest BCUT2D eigenvalue weighted by atomic mass is 14.6. The van der Waals surface area contributed by atoms with E-state index in [-0.39, 0.29) is 0 Å². The van der Waals surface area contributed by atoms with Crippen molar-refractivity contribution >= 4 is 0 Å². The highest BCUT2D eigenvalue weighted by Crippen LogP contribution is 2.62. The van der Waals surface area contributed by atoms with Gasteiger partial charge in [0, 0.05) is 0 Å². The standard InChI is InChI=1S/C14H20/c1-3-10(2)14-7-11-4-12(8-14)6-13(5-11)9-14/h3,11-13H,1-2,4-9H2. The molecule has 4 rings (SSSR count). The summed E-state index contributed by atoms with van der Waals surface area (Å²) in [6, 6.07) is 0. The number of allylic oxidation sites excluding steroid dienone is 2. The van der Waals surface area contributed by atoms with Crippen molar-refractivity contribution in [3.63, 3.8) is 0 Å². The zero-order chi connectivity index (χ0) is 9.76. The minimum absolute atomic E-state index is 0.497. The molecular formula is C14H20. The summed E-state index contributed by atoms with van der Waals surface area (Å²) >= 11 is 0. The third-order valence-corrected chi connectivity index (χ3v) is 4.97. The van der Waals surface area contributed by atoms with E-state index in [1.165, 1.54) is 44.1 Å². The van der Waals surface area contributed by atoms with E-state index in [0.29, 0.717) is 5.41 Å². The number of hydrogen-bond donors (Lipinski definition) is 0. The summed E-state index contributed by atoms with van der Waals surface area (Å²) in [5.74, 6) is 3.08. The Kier molecular flexibility index (Phi) is 1.72. The maximum Gasteiger partial charge on any atom is -0.00451 e. The Hall–Kier alpha value is -0.520. The first-order chi connectivity index (χ1) is 6.72. The summed E-state index contributed by atoms with van der Waals surface area (Å²) in [5, 5.41) is 0. The molecule has 4 bridgehead atoms. The average Bonchev–Trinajstić information content (AvgIpc) is 2.14.